The predicted octanol–water partition coefficient (Wildman–Crippen LogP) is 3.87. The molecule has 2 saturated heterocycles. The zero-order valence-corrected chi connectivity index (χ0v) is 18.8. The van der Waals surface area contributed by atoms with E-state index in [1.807, 2.05) is 7.05 Å². The molecule has 0 radical (unpaired) electrons. The number of aromatic nitrogens is 1. The fraction of sp³-hybridized carbons (Fsp3) is 0.792. The molecule has 3 fully saturated rings. The molecule has 0 aromatic carbocycles. The van der Waals surface area contributed by atoms with E-state index in [9.17, 15) is 9.90 Å². The van der Waals surface area contributed by atoms with E-state index in [1.54, 1.807) is 6.07 Å². The summed E-state index contributed by atoms with van der Waals surface area (Å²) in [6, 6.07) is 2.20. The van der Waals surface area contributed by atoms with Crippen molar-refractivity contribution in [3.8, 4) is 5.75 Å². The Hall–Kier alpha value is -1.33. The summed E-state index contributed by atoms with van der Waals surface area (Å²) in [5.74, 6) is -0.0574. The minimum atomic E-state index is -0.225. The molecule has 2 atom stereocenters. The third kappa shape index (κ3) is 4.41. The average molecular weight is 402 g/mol. The van der Waals surface area contributed by atoms with Crippen molar-refractivity contribution in [1.82, 2.24) is 14.4 Å². The number of aromatic hydroxyl groups is 1. The Morgan fingerprint density at radius 1 is 1.07 bits per heavy atom. The van der Waals surface area contributed by atoms with Crippen molar-refractivity contribution in [3.05, 3.63) is 27.7 Å². The van der Waals surface area contributed by atoms with Crippen molar-refractivity contribution in [1.29, 1.82) is 0 Å². The molecule has 1 aromatic rings. The average Bonchev–Trinajstić information content (AvgIpc) is 2.79. The second-order valence-electron chi connectivity index (χ2n) is 11.2. The molecule has 0 spiro atoms. The largest absolute Gasteiger partial charge is 0.503 e. The van der Waals surface area contributed by atoms with Gasteiger partial charge in [-0.2, -0.15) is 0 Å². The van der Waals surface area contributed by atoms with Crippen LogP contribution in [0.2, 0.25) is 0 Å². The smallest absolute Gasteiger partial charge is 0.223 e. The van der Waals surface area contributed by atoms with Gasteiger partial charge in [0.05, 0.1) is 5.69 Å². The van der Waals surface area contributed by atoms with Crippen molar-refractivity contribution in [2.75, 3.05) is 19.6 Å². The van der Waals surface area contributed by atoms with Crippen LogP contribution in [0.25, 0.3) is 0 Å². The van der Waals surface area contributed by atoms with Gasteiger partial charge in [0.25, 0.3) is 0 Å². The molecule has 2 aliphatic heterocycles. The minimum absolute atomic E-state index is 0.0574. The van der Waals surface area contributed by atoms with Gasteiger partial charge < -0.3 is 9.67 Å². The van der Waals surface area contributed by atoms with Crippen molar-refractivity contribution < 1.29 is 5.11 Å². The summed E-state index contributed by atoms with van der Waals surface area (Å²) in [5, 5.41) is 10.6. The normalized spacial score (nSPS) is 30.4. The summed E-state index contributed by atoms with van der Waals surface area (Å²) in [6.07, 6.45) is 8.78. The van der Waals surface area contributed by atoms with E-state index in [1.165, 1.54) is 44.9 Å². The van der Waals surface area contributed by atoms with Gasteiger partial charge in [0.2, 0.25) is 5.43 Å². The van der Waals surface area contributed by atoms with E-state index >= 15 is 0 Å². The highest BCUT2D eigenvalue weighted by Gasteiger charge is 2.49. The first-order valence-electron chi connectivity index (χ1n) is 11.5. The van der Waals surface area contributed by atoms with Crippen LogP contribution in [-0.4, -0.2) is 45.1 Å². The first-order chi connectivity index (χ1) is 13.7. The van der Waals surface area contributed by atoms with Gasteiger partial charge in [0.15, 0.2) is 5.75 Å². The maximum absolute atomic E-state index is 12.6. The van der Waals surface area contributed by atoms with E-state index in [0.29, 0.717) is 23.4 Å². The summed E-state index contributed by atoms with van der Waals surface area (Å²) < 4.78 is 2.09. The van der Waals surface area contributed by atoms with Crippen molar-refractivity contribution in [2.45, 2.75) is 84.8 Å². The summed E-state index contributed by atoms with van der Waals surface area (Å²) in [5.41, 5.74) is 2.31. The zero-order chi connectivity index (χ0) is 20.8. The van der Waals surface area contributed by atoms with Gasteiger partial charge >= 0.3 is 0 Å². The predicted molar refractivity (Wildman–Crippen MR) is 117 cm³/mol. The maximum atomic E-state index is 12.6. The van der Waals surface area contributed by atoms with E-state index in [-0.39, 0.29) is 11.2 Å². The van der Waals surface area contributed by atoms with E-state index in [4.69, 9.17) is 0 Å². The van der Waals surface area contributed by atoms with Crippen LogP contribution < -0.4 is 5.43 Å². The second-order valence-corrected chi connectivity index (χ2v) is 11.2. The number of pyridine rings is 1. The lowest BCUT2D eigenvalue weighted by atomic mass is 9.65. The lowest BCUT2D eigenvalue weighted by molar-refractivity contribution is 0.126. The fourth-order valence-corrected chi connectivity index (χ4v) is 6.60. The molecule has 162 valence electrons. The summed E-state index contributed by atoms with van der Waals surface area (Å²) in [7, 11) is 2.02. The van der Waals surface area contributed by atoms with Gasteiger partial charge in [-0.15, -0.1) is 0 Å². The molecule has 0 amide bonds. The van der Waals surface area contributed by atoms with Gasteiger partial charge in [0.1, 0.15) is 0 Å². The first-order valence-corrected chi connectivity index (χ1v) is 11.5. The van der Waals surface area contributed by atoms with Crippen LogP contribution in [0.15, 0.2) is 10.9 Å². The number of hydrogen-bond acceptors (Lipinski definition) is 4. The lowest BCUT2D eigenvalue weighted by Crippen LogP contribution is -2.35. The molecule has 29 heavy (non-hydrogen) atoms. The number of nitrogens with zero attached hydrogens (tertiary/aromatic N) is 3. The quantitative estimate of drug-likeness (QED) is 0.832. The Kier molecular flexibility index (Phi) is 5.58. The Morgan fingerprint density at radius 2 is 1.76 bits per heavy atom. The Morgan fingerprint density at radius 3 is 2.45 bits per heavy atom. The SMILES string of the molecule is Cn1c(CN2CCCCCC2)cc(=O)c(O)c1CN1CC2(C)CC1CC(C)(C)C2. The number of fused-ring (bicyclic) bond motifs is 2. The lowest BCUT2D eigenvalue weighted by Gasteiger charge is -2.40. The van der Waals surface area contributed by atoms with Crippen molar-refractivity contribution >= 4 is 0 Å². The third-order valence-electron chi connectivity index (χ3n) is 7.60. The molecule has 3 heterocycles. The van der Waals surface area contributed by atoms with Gasteiger partial charge in [-0.1, -0.05) is 33.6 Å². The highest BCUT2D eigenvalue weighted by Crippen LogP contribution is 2.52. The number of hydrogen-bond donors (Lipinski definition) is 1. The first kappa shape index (κ1) is 20.9. The molecule has 1 N–H and O–H groups in total. The molecule has 1 saturated carbocycles. The highest BCUT2D eigenvalue weighted by atomic mass is 16.3. The van der Waals surface area contributed by atoms with Gasteiger partial charge in [-0.05, 0) is 56.0 Å². The molecule has 4 rings (SSSR count). The van der Waals surface area contributed by atoms with Crippen LogP contribution in [0.4, 0.5) is 0 Å². The highest BCUT2D eigenvalue weighted by molar-refractivity contribution is 5.30. The van der Waals surface area contributed by atoms with Crippen LogP contribution in [-0.2, 0) is 20.1 Å². The Labute approximate surface area is 175 Å². The van der Waals surface area contributed by atoms with Crippen molar-refractivity contribution in [2.24, 2.45) is 17.9 Å². The van der Waals surface area contributed by atoms with Crippen LogP contribution in [0.5, 0.6) is 5.75 Å². The van der Waals surface area contributed by atoms with Gasteiger partial charge in [-0.25, -0.2) is 0 Å². The molecule has 1 aliphatic carbocycles. The maximum Gasteiger partial charge on any atom is 0.223 e. The van der Waals surface area contributed by atoms with Crippen molar-refractivity contribution in [3.63, 3.8) is 0 Å². The number of likely N-dealkylation sites (tertiary alicyclic amines) is 2. The van der Waals surface area contributed by atoms with E-state index in [0.717, 1.165) is 37.6 Å². The molecule has 1 aromatic heterocycles. The van der Waals surface area contributed by atoms with E-state index in [2.05, 4.69) is 35.1 Å². The van der Waals surface area contributed by atoms with Gasteiger partial charge in [0, 0.05) is 44.5 Å². The minimum Gasteiger partial charge on any atom is -0.503 e. The monoisotopic (exact) mass is 401 g/mol. The number of rotatable bonds is 4. The molecule has 2 unspecified atom stereocenters. The summed E-state index contributed by atoms with van der Waals surface area (Å²) in [4.78, 5) is 17.6. The van der Waals surface area contributed by atoms with Crippen LogP contribution >= 0.6 is 0 Å². The molecular weight excluding hydrogens is 362 g/mol. The van der Waals surface area contributed by atoms with Crippen LogP contribution in [0.1, 0.15) is 77.1 Å². The van der Waals surface area contributed by atoms with Crippen LogP contribution in [0, 0.1) is 10.8 Å². The molecular formula is C24H39N3O2. The molecule has 2 bridgehead atoms. The summed E-state index contributed by atoms with van der Waals surface area (Å²) in [6.45, 7) is 11.9. The fourth-order valence-electron chi connectivity index (χ4n) is 6.60. The molecule has 5 heteroatoms. The molecule has 3 aliphatic rings. The zero-order valence-electron chi connectivity index (χ0n) is 18.8. The van der Waals surface area contributed by atoms with E-state index < -0.39 is 0 Å². The van der Waals surface area contributed by atoms with Crippen LogP contribution in [0.3, 0.4) is 0 Å². The molecule has 5 nitrogen and oxygen atoms in total. The third-order valence-corrected chi connectivity index (χ3v) is 7.60. The van der Waals surface area contributed by atoms with Gasteiger partial charge in [-0.3, -0.25) is 14.6 Å². The second kappa shape index (κ2) is 7.73. The topological polar surface area (TPSA) is 48.7 Å². The Bertz CT molecular complexity index is 807. The standard InChI is InChI=1S/C24H39N3O2/c1-23(2)12-19-13-24(3,16-23)17-27(19)15-20-22(29)21(28)11-18(25(20)4)14-26-9-7-5-6-8-10-26/h11,19,29H,5-10,12-17H2,1-4H3. The summed E-state index contributed by atoms with van der Waals surface area (Å²) >= 11 is 0. The Balaban J connectivity index is 1.57.